The van der Waals surface area contributed by atoms with Gasteiger partial charge in [0.05, 0.1) is 5.52 Å². The van der Waals surface area contributed by atoms with Crippen molar-refractivity contribution in [1.82, 2.24) is 9.29 Å². The number of fused-ring (bicyclic) bond motifs is 1. The van der Waals surface area contributed by atoms with E-state index in [1.807, 2.05) is 36.0 Å². The molecule has 1 fully saturated rings. The van der Waals surface area contributed by atoms with Gasteiger partial charge in [-0.25, -0.2) is 8.42 Å². The van der Waals surface area contributed by atoms with Gasteiger partial charge in [0.15, 0.2) is 0 Å². The van der Waals surface area contributed by atoms with Crippen molar-refractivity contribution in [3.63, 3.8) is 0 Å². The van der Waals surface area contributed by atoms with E-state index in [1.165, 1.54) is 11.1 Å². The van der Waals surface area contributed by atoms with Gasteiger partial charge in [0.2, 0.25) is 10.0 Å². The maximum atomic E-state index is 13.3. The molecule has 0 saturated carbocycles. The first-order valence-corrected chi connectivity index (χ1v) is 11.6. The average Bonchev–Trinajstić information content (AvgIpc) is 2.94. The second kappa shape index (κ2) is 7.62. The molecule has 0 unspecified atom stereocenters. The summed E-state index contributed by atoms with van der Waals surface area (Å²) in [5.74, 6) is 0.788. The maximum absolute atomic E-state index is 13.3. The Kier molecular flexibility index (Phi) is 5.21. The molecule has 0 N–H and O–H groups in total. The molecule has 0 spiro atoms. The summed E-state index contributed by atoms with van der Waals surface area (Å²) in [7, 11) is -3.57. The van der Waals surface area contributed by atoms with Crippen molar-refractivity contribution in [2.75, 3.05) is 18.8 Å². The van der Waals surface area contributed by atoms with Crippen molar-refractivity contribution < 1.29 is 8.42 Å². The van der Waals surface area contributed by atoms with Crippen molar-refractivity contribution in [3.8, 4) is 0 Å². The van der Waals surface area contributed by atoms with E-state index in [-0.39, 0.29) is 0 Å². The lowest BCUT2D eigenvalue weighted by atomic mass is 10.0. The minimum atomic E-state index is -3.57. The van der Waals surface area contributed by atoms with Crippen LogP contribution in [-0.2, 0) is 10.0 Å². The second-order valence-electron chi connectivity index (χ2n) is 6.74. The Morgan fingerprint density at radius 1 is 1.04 bits per heavy atom. The normalized spacial score (nSPS) is 19.1. The molecular weight excluding hydrogens is 376 g/mol. The molecule has 4 rings (SSSR count). The van der Waals surface area contributed by atoms with Gasteiger partial charge in [0, 0.05) is 35.7 Å². The van der Waals surface area contributed by atoms with Gasteiger partial charge >= 0.3 is 0 Å². The molecule has 1 saturated heterocycles. The number of aromatic nitrogens is 1. The third-order valence-electron chi connectivity index (χ3n) is 5.05. The molecule has 27 heavy (non-hydrogen) atoms. The van der Waals surface area contributed by atoms with E-state index in [2.05, 4.69) is 30.1 Å². The molecule has 2 aromatic carbocycles. The predicted octanol–water partition coefficient (Wildman–Crippen LogP) is 4.41. The quantitative estimate of drug-likeness (QED) is 0.656. The van der Waals surface area contributed by atoms with E-state index in [0.29, 0.717) is 28.8 Å². The standard InChI is InChI=1S/C21H22N2O2S2/c1-16-6-2-3-9-18(16)19-11-13-23(14-15-26-19)27(24,25)20-10-4-7-17-8-5-12-22-21(17)20/h2-10,12,19H,11,13-15H2,1H3/t19-/m1/s1. The van der Waals surface area contributed by atoms with E-state index >= 15 is 0 Å². The maximum Gasteiger partial charge on any atom is 0.245 e. The van der Waals surface area contributed by atoms with Crippen LogP contribution in [-0.4, -0.2) is 36.5 Å². The van der Waals surface area contributed by atoms with Crippen molar-refractivity contribution in [2.24, 2.45) is 0 Å². The van der Waals surface area contributed by atoms with Crippen molar-refractivity contribution >= 4 is 32.7 Å². The fourth-order valence-corrected chi connectivity index (χ4v) is 6.67. The molecule has 3 aromatic rings. The summed E-state index contributed by atoms with van der Waals surface area (Å²) in [6.07, 6.45) is 2.46. The third kappa shape index (κ3) is 3.61. The molecule has 0 aliphatic carbocycles. The van der Waals surface area contributed by atoms with E-state index in [1.54, 1.807) is 22.6 Å². The first-order valence-electron chi connectivity index (χ1n) is 9.08. The van der Waals surface area contributed by atoms with Crippen molar-refractivity contribution in [3.05, 3.63) is 71.9 Å². The van der Waals surface area contributed by atoms with Gasteiger partial charge in [0.25, 0.3) is 0 Å². The molecule has 0 bridgehead atoms. The number of pyridine rings is 1. The Morgan fingerprint density at radius 3 is 2.70 bits per heavy atom. The SMILES string of the molecule is Cc1ccccc1[C@H]1CCN(S(=O)(=O)c2cccc3cccnc23)CCS1. The van der Waals surface area contributed by atoms with Crippen LogP contribution in [0.4, 0.5) is 0 Å². The molecule has 140 valence electrons. The minimum absolute atomic E-state index is 0.306. The molecule has 2 heterocycles. The van der Waals surface area contributed by atoms with Gasteiger partial charge in [-0.05, 0) is 36.6 Å². The van der Waals surface area contributed by atoms with Crippen LogP contribution >= 0.6 is 11.8 Å². The Bertz CT molecular complexity index is 1060. The van der Waals surface area contributed by atoms with Crippen LogP contribution in [0.25, 0.3) is 10.9 Å². The lowest BCUT2D eigenvalue weighted by Crippen LogP contribution is -2.33. The largest absolute Gasteiger partial charge is 0.255 e. The zero-order chi connectivity index (χ0) is 18.9. The smallest absolute Gasteiger partial charge is 0.245 e. The number of rotatable bonds is 3. The van der Waals surface area contributed by atoms with Crippen LogP contribution in [0.1, 0.15) is 22.8 Å². The average molecular weight is 399 g/mol. The van der Waals surface area contributed by atoms with Gasteiger partial charge in [-0.2, -0.15) is 16.1 Å². The zero-order valence-electron chi connectivity index (χ0n) is 15.2. The fraction of sp³-hybridized carbons (Fsp3) is 0.286. The number of aryl methyl sites for hydroxylation is 1. The summed E-state index contributed by atoms with van der Waals surface area (Å²) >= 11 is 1.85. The Morgan fingerprint density at radius 2 is 1.85 bits per heavy atom. The van der Waals surface area contributed by atoms with E-state index in [0.717, 1.165) is 17.6 Å². The molecule has 1 aliphatic heterocycles. The first kappa shape index (κ1) is 18.5. The molecule has 4 nitrogen and oxygen atoms in total. The summed E-state index contributed by atoms with van der Waals surface area (Å²) in [5.41, 5.74) is 3.13. The van der Waals surface area contributed by atoms with E-state index in [4.69, 9.17) is 0 Å². The Hall–Kier alpha value is -1.89. The number of para-hydroxylation sites is 1. The van der Waals surface area contributed by atoms with Crippen LogP contribution in [0.2, 0.25) is 0 Å². The summed E-state index contributed by atoms with van der Waals surface area (Å²) < 4.78 is 28.3. The first-order chi connectivity index (χ1) is 13.1. The van der Waals surface area contributed by atoms with Crippen molar-refractivity contribution in [1.29, 1.82) is 0 Å². The summed E-state index contributed by atoms with van der Waals surface area (Å²) in [5, 5.41) is 1.18. The lowest BCUT2D eigenvalue weighted by molar-refractivity contribution is 0.428. The van der Waals surface area contributed by atoms with E-state index < -0.39 is 10.0 Å². The molecular formula is C21H22N2O2S2. The van der Waals surface area contributed by atoms with E-state index in [9.17, 15) is 8.42 Å². The van der Waals surface area contributed by atoms with Crippen LogP contribution < -0.4 is 0 Å². The highest BCUT2D eigenvalue weighted by Gasteiger charge is 2.30. The highest BCUT2D eigenvalue weighted by atomic mass is 32.2. The minimum Gasteiger partial charge on any atom is -0.255 e. The van der Waals surface area contributed by atoms with Crippen LogP contribution in [0, 0.1) is 6.92 Å². The number of thioether (sulfide) groups is 1. The molecule has 0 radical (unpaired) electrons. The number of nitrogens with zero attached hydrogens (tertiary/aromatic N) is 2. The lowest BCUT2D eigenvalue weighted by Gasteiger charge is -2.21. The summed E-state index contributed by atoms with van der Waals surface area (Å²) in [6.45, 7) is 3.17. The fourth-order valence-electron chi connectivity index (χ4n) is 3.61. The monoisotopic (exact) mass is 398 g/mol. The number of hydrogen-bond acceptors (Lipinski definition) is 4. The predicted molar refractivity (Wildman–Crippen MR) is 111 cm³/mol. The van der Waals surface area contributed by atoms with Crippen molar-refractivity contribution in [2.45, 2.75) is 23.5 Å². The Balaban J connectivity index is 1.62. The van der Waals surface area contributed by atoms with Gasteiger partial charge < -0.3 is 0 Å². The van der Waals surface area contributed by atoms with Crippen LogP contribution in [0.3, 0.4) is 0 Å². The van der Waals surface area contributed by atoms with Gasteiger partial charge in [0.1, 0.15) is 4.90 Å². The topological polar surface area (TPSA) is 50.3 Å². The molecule has 0 amide bonds. The number of hydrogen-bond donors (Lipinski definition) is 0. The number of sulfonamides is 1. The van der Waals surface area contributed by atoms with Gasteiger partial charge in [-0.1, -0.05) is 42.5 Å². The summed E-state index contributed by atoms with van der Waals surface area (Å²) in [6, 6.07) is 17.5. The molecule has 6 heteroatoms. The molecule has 1 aliphatic rings. The number of benzene rings is 2. The molecule has 1 atom stereocenters. The summed E-state index contributed by atoms with van der Waals surface area (Å²) in [4.78, 5) is 4.63. The highest BCUT2D eigenvalue weighted by molar-refractivity contribution is 7.99. The highest BCUT2D eigenvalue weighted by Crippen LogP contribution is 2.37. The molecule has 1 aromatic heterocycles. The van der Waals surface area contributed by atoms with Crippen LogP contribution in [0.15, 0.2) is 65.7 Å². The van der Waals surface area contributed by atoms with Crippen LogP contribution in [0.5, 0.6) is 0 Å². The van der Waals surface area contributed by atoms with Gasteiger partial charge in [-0.3, -0.25) is 4.98 Å². The van der Waals surface area contributed by atoms with Gasteiger partial charge in [-0.15, -0.1) is 0 Å². The Labute approximate surface area is 164 Å². The zero-order valence-corrected chi connectivity index (χ0v) is 16.8. The second-order valence-corrected chi connectivity index (χ2v) is 9.96. The third-order valence-corrected chi connectivity index (χ3v) is 8.29.